The number of carbonyl (C=O) groups excluding carboxylic acids is 2. The summed E-state index contributed by atoms with van der Waals surface area (Å²) in [7, 11) is -1.05. The number of rotatable bonds is 7. The van der Waals surface area contributed by atoms with Crippen molar-refractivity contribution in [1.29, 1.82) is 0 Å². The van der Waals surface area contributed by atoms with Crippen molar-refractivity contribution in [3.05, 3.63) is 94.3 Å². The molecule has 172 valence electrons. The van der Waals surface area contributed by atoms with Gasteiger partial charge in [0, 0.05) is 24.8 Å². The molecule has 3 aromatic rings. The number of hydrogen-bond acceptors (Lipinski definition) is 5. The van der Waals surface area contributed by atoms with Crippen LogP contribution in [0.4, 0.5) is 10.1 Å². The molecule has 0 saturated carbocycles. The molecule has 3 rings (SSSR count). The number of halogens is 2. The Morgan fingerprint density at radius 1 is 1.00 bits per heavy atom. The fraction of sp³-hybridized carbons (Fsp3) is 0.130. The van der Waals surface area contributed by atoms with E-state index in [1.807, 2.05) is 0 Å². The Balaban J connectivity index is 1.66. The zero-order valence-electron chi connectivity index (χ0n) is 17.7. The minimum atomic E-state index is -3.98. The molecule has 0 atom stereocenters. The summed E-state index contributed by atoms with van der Waals surface area (Å²) in [5, 5.41) is -0.304. The van der Waals surface area contributed by atoms with Gasteiger partial charge in [0.05, 0.1) is 22.6 Å². The van der Waals surface area contributed by atoms with E-state index in [-0.39, 0.29) is 21.5 Å². The van der Waals surface area contributed by atoms with Gasteiger partial charge in [0.1, 0.15) is 5.82 Å². The highest BCUT2D eigenvalue weighted by Gasteiger charge is 2.17. The molecule has 7 nitrogen and oxygen atoms in total. The van der Waals surface area contributed by atoms with E-state index in [1.54, 1.807) is 31.3 Å². The molecular weight excluding hydrogens is 471 g/mol. The third-order valence-corrected chi connectivity index (χ3v) is 6.40. The number of anilines is 1. The first-order valence-corrected chi connectivity index (χ1v) is 11.5. The zero-order chi connectivity index (χ0) is 24.2. The molecule has 0 spiro atoms. The summed E-state index contributed by atoms with van der Waals surface area (Å²) in [6, 6.07) is 15.7. The van der Waals surface area contributed by atoms with Crippen LogP contribution in [-0.2, 0) is 21.3 Å². The van der Waals surface area contributed by atoms with Crippen LogP contribution in [0.15, 0.2) is 71.6 Å². The predicted molar refractivity (Wildman–Crippen MR) is 122 cm³/mol. The third-order valence-electron chi connectivity index (χ3n) is 4.73. The fourth-order valence-corrected chi connectivity index (χ4v) is 4.30. The lowest BCUT2D eigenvalue weighted by Gasteiger charge is -2.18. The Morgan fingerprint density at radius 2 is 1.61 bits per heavy atom. The molecule has 10 heteroatoms. The second-order valence-electron chi connectivity index (χ2n) is 7.11. The van der Waals surface area contributed by atoms with Crippen LogP contribution in [0.5, 0.6) is 0 Å². The summed E-state index contributed by atoms with van der Waals surface area (Å²) in [5.74, 6) is -1.43. The summed E-state index contributed by atoms with van der Waals surface area (Å²) in [5.41, 5.74) is 1.82. The number of nitrogens with one attached hydrogen (secondary N) is 1. The van der Waals surface area contributed by atoms with Gasteiger partial charge in [-0.25, -0.2) is 17.6 Å². The van der Waals surface area contributed by atoms with E-state index in [2.05, 4.69) is 9.46 Å². The van der Waals surface area contributed by atoms with Crippen molar-refractivity contribution in [1.82, 2.24) is 4.90 Å². The average molecular weight is 491 g/mol. The lowest BCUT2D eigenvalue weighted by atomic mass is 10.1. The molecule has 0 aliphatic heterocycles. The van der Waals surface area contributed by atoms with Crippen LogP contribution in [0.2, 0.25) is 5.02 Å². The van der Waals surface area contributed by atoms with Crippen LogP contribution in [0.1, 0.15) is 26.3 Å². The molecule has 0 fully saturated rings. The largest absolute Gasteiger partial charge is 0.465 e. The van der Waals surface area contributed by atoms with Gasteiger partial charge in [-0.05, 0) is 60.2 Å². The molecule has 0 radical (unpaired) electrons. The van der Waals surface area contributed by atoms with Gasteiger partial charge < -0.3 is 9.64 Å². The monoisotopic (exact) mass is 490 g/mol. The van der Waals surface area contributed by atoms with E-state index < -0.39 is 21.8 Å². The highest BCUT2D eigenvalue weighted by Crippen LogP contribution is 2.22. The van der Waals surface area contributed by atoms with Crippen LogP contribution >= 0.6 is 11.6 Å². The van der Waals surface area contributed by atoms with Gasteiger partial charge in [-0.2, -0.15) is 0 Å². The number of esters is 1. The molecule has 33 heavy (non-hydrogen) atoms. The maximum atomic E-state index is 13.3. The maximum Gasteiger partial charge on any atom is 0.337 e. The number of ether oxygens (including phenoxy) is 1. The molecule has 0 aliphatic rings. The van der Waals surface area contributed by atoms with Crippen molar-refractivity contribution in [3.8, 4) is 0 Å². The zero-order valence-corrected chi connectivity index (χ0v) is 19.3. The van der Waals surface area contributed by atoms with Crippen molar-refractivity contribution in [2.45, 2.75) is 11.4 Å². The quantitative estimate of drug-likeness (QED) is 0.497. The predicted octanol–water partition coefficient (Wildman–Crippen LogP) is 4.34. The van der Waals surface area contributed by atoms with Crippen molar-refractivity contribution in [2.24, 2.45) is 0 Å². The van der Waals surface area contributed by atoms with Crippen LogP contribution in [0, 0.1) is 5.82 Å². The molecule has 0 bridgehead atoms. The Kier molecular flexibility index (Phi) is 7.35. The fourth-order valence-electron chi connectivity index (χ4n) is 2.97. The van der Waals surface area contributed by atoms with E-state index >= 15 is 0 Å². The topological polar surface area (TPSA) is 92.8 Å². The van der Waals surface area contributed by atoms with Crippen LogP contribution in [-0.4, -0.2) is 39.4 Å². The second-order valence-corrected chi connectivity index (χ2v) is 9.20. The van der Waals surface area contributed by atoms with E-state index in [0.717, 1.165) is 23.8 Å². The number of sulfonamides is 1. The number of amides is 1. The molecule has 1 amide bonds. The van der Waals surface area contributed by atoms with E-state index in [1.165, 1.54) is 36.3 Å². The first-order chi connectivity index (χ1) is 15.6. The molecule has 0 saturated heterocycles. The third kappa shape index (κ3) is 5.88. The van der Waals surface area contributed by atoms with Crippen molar-refractivity contribution >= 4 is 39.2 Å². The van der Waals surface area contributed by atoms with Crippen LogP contribution < -0.4 is 4.72 Å². The van der Waals surface area contributed by atoms with Gasteiger partial charge in [0.2, 0.25) is 0 Å². The van der Waals surface area contributed by atoms with Gasteiger partial charge in [0.25, 0.3) is 15.9 Å². The Labute approximate surface area is 195 Å². The molecule has 0 unspecified atom stereocenters. The standard InChI is InChI=1S/C23H20ClFN2O5S/c1-27(14-15-3-5-17(6-4-15)23(29)32-2)22(28)16-7-9-18(10-8-16)26-33(30,31)19-11-12-21(25)20(24)13-19/h3-13,26H,14H2,1-2H3. The maximum absolute atomic E-state index is 13.3. The average Bonchev–Trinajstić information content (AvgIpc) is 2.80. The summed E-state index contributed by atoms with van der Waals surface area (Å²) >= 11 is 5.66. The number of carbonyl (C=O) groups is 2. The van der Waals surface area contributed by atoms with Gasteiger partial charge >= 0.3 is 5.97 Å². The number of nitrogens with zero attached hydrogens (tertiary/aromatic N) is 1. The Bertz CT molecular complexity index is 1280. The van der Waals surface area contributed by atoms with Crippen LogP contribution in [0.25, 0.3) is 0 Å². The van der Waals surface area contributed by atoms with Crippen molar-refractivity contribution < 1.29 is 27.1 Å². The van der Waals surface area contributed by atoms with Gasteiger partial charge in [-0.3, -0.25) is 9.52 Å². The summed E-state index contributed by atoms with van der Waals surface area (Å²) in [6.07, 6.45) is 0. The number of hydrogen-bond donors (Lipinski definition) is 1. The molecule has 0 heterocycles. The normalized spacial score (nSPS) is 11.0. The first kappa shape index (κ1) is 24.2. The van der Waals surface area contributed by atoms with Crippen molar-refractivity contribution in [3.63, 3.8) is 0 Å². The molecular formula is C23H20ClFN2O5S. The molecule has 0 aromatic heterocycles. The smallest absolute Gasteiger partial charge is 0.337 e. The summed E-state index contributed by atoms with van der Waals surface area (Å²) in [4.78, 5) is 25.5. The lowest BCUT2D eigenvalue weighted by Crippen LogP contribution is -2.26. The van der Waals surface area contributed by atoms with Crippen LogP contribution in [0.3, 0.4) is 0 Å². The van der Waals surface area contributed by atoms with Gasteiger partial charge in [0.15, 0.2) is 0 Å². The van der Waals surface area contributed by atoms with E-state index in [9.17, 15) is 22.4 Å². The summed E-state index contributed by atoms with van der Waals surface area (Å²) in [6.45, 7) is 0.306. The Morgan fingerprint density at radius 3 is 2.18 bits per heavy atom. The SMILES string of the molecule is COC(=O)c1ccc(CN(C)C(=O)c2ccc(NS(=O)(=O)c3ccc(F)c(Cl)c3)cc2)cc1. The second kappa shape index (κ2) is 10.0. The van der Waals surface area contributed by atoms with E-state index in [4.69, 9.17) is 11.6 Å². The summed E-state index contributed by atoms with van der Waals surface area (Å²) < 4.78 is 45.3. The number of benzene rings is 3. The highest BCUT2D eigenvalue weighted by atomic mass is 35.5. The number of methoxy groups -OCH3 is 1. The first-order valence-electron chi connectivity index (χ1n) is 9.61. The highest BCUT2D eigenvalue weighted by molar-refractivity contribution is 7.92. The molecule has 3 aromatic carbocycles. The molecule has 1 N–H and O–H groups in total. The van der Waals surface area contributed by atoms with Gasteiger partial charge in [-0.15, -0.1) is 0 Å². The van der Waals surface area contributed by atoms with Crippen molar-refractivity contribution in [2.75, 3.05) is 18.9 Å². The Hall–Kier alpha value is -3.43. The molecule has 0 aliphatic carbocycles. The minimum Gasteiger partial charge on any atom is -0.465 e. The van der Waals surface area contributed by atoms with Gasteiger partial charge in [-0.1, -0.05) is 23.7 Å². The minimum absolute atomic E-state index is 0.188. The van der Waals surface area contributed by atoms with E-state index in [0.29, 0.717) is 17.7 Å². The lowest BCUT2D eigenvalue weighted by molar-refractivity contribution is 0.0600.